The molecular formula is C21H26N5O9P. The van der Waals surface area contributed by atoms with E-state index in [2.05, 4.69) is 19.7 Å². The Labute approximate surface area is 204 Å². The van der Waals surface area contributed by atoms with E-state index in [4.69, 9.17) is 15.2 Å². The lowest BCUT2D eigenvalue weighted by Crippen LogP contribution is -2.36. The first kappa shape index (κ1) is 26.1. The quantitative estimate of drug-likeness (QED) is 0.180. The Balaban J connectivity index is 1.55. The molecule has 1 saturated heterocycles. The van der Waals surface area contributed by atoms with Crippen LogP contribution in [0.25, 0.3) is 11.2 Å². The smallest absolute Gasteiger partial charge is 0.365 e. The van der Waals surface area contributed by atoms with Gasteiger partial charge in [-0.2, -0.15) is 0 Å². The average Bonchev–Trinajstić information content (AvgIpc) is 3.35. The molecule has 0 radical (unpaired) electrons. The number of carbonyl (C=O) groups is 1. The monoisotopic (exact) mass is 523 g/mol. The van der Waals surface area contributed by atoms with Crippen LogP contribution in [0, 0.1) is 0 Å². The van der Waals surface area contributed by atoms with Gasteiger partial charge >= 0.3 is 13.6 Å². The Kier molecular flexibility index (Phi) is 7.66. The Morgan fingerprint density at radius 1 is 1.22 bits per heavy atom. The number of hydrogen-bond acceptors (Lipinski definition) is 11. The molecule has 194 valence electrons. The van der Waals surface area contributed by atoms with E-state index in [9.17, 15) is 29.4 Å². The van der Waals surface area contributed by atoms with Gasteiger partial charge in [-0.25, -0.2) is 19.7 Å². The molecule has 1 aliphatic rings. The molecule has 0 saturated carbocycles. The van der Waals surface area contributed by atoms with Gasteiger partial charge < -0.3 is 39.9 Å². The summed E-state index contributed by atoms with van der Waals surface area (Å²) >= 11 is 0. The van der Waals surface area contributed by atoms with Gasteiger partial charge in [-0.15, -0.1) is 0 Å². The van der Waals surface area contributed by atoms with Crippen LogP contribution in [0.3, 0.4) is 0 Å². The first-order valence-corrected chi connectivity index (χ1v) is 12.7. The molecular weight excluding hydrogens is 497 g/mol. The van der Waals surface area contributed by atoms with E-state index in [1.165, 1.54) is 17.8 Å². The van der Waals surface area contributed by atoms with Gasteiger partial charge in [0, 0.05) is 6.42 Å². The third-order valence-corrected chi connectivity index (χ3v) is 6.49. The van der Waals surface area contributed by atoms with Crippen LogP contribution < -0.4 is 5.73 Å². The number of nitrogens with zero attached hydrogens (tertiary/aromatic N) is 4. The zero-order valence-corrected chi connectivity index (χ0v) is 20.0. The number of aliphatic hydroxyl groups is 2. The van der Waals surface area contributed by atoms with Gasteiger partial charge in [-0.05, 0) is 12.5 Å². The van der Waals surface area contributed by atoms with E-state index in [1.54, 1.807) is 0 Å². The molecule has 3 heterocycles. The van der Waals surface area contributed by atoms with Crippen LogP contribution in [-0.4, -0.2) is 82.9 Å². The topological polar surface area (TPSA) is 212 Å². The summed E-state index contributed by atoms with van der Waals surface area (Å²) < 4.78 is 28.5. The van der Waals surface area contributed by atoms with Crippen LogP contribution in [-0.2, 0) is 30.0 Å². The van der Waals surface area contributed by atoms with Crippen LogP contribution in [0.15, 0.2) is 36.7 Å². The molecule has 4 rings (SSSR count). The summed E-state index contributed by atoms with van der Waals surface area (Å²) in [5, 5.41) is 21.2. The van der Waals surface area contributed by atoms with Gasteiger partial charge in [0.05, 0.1) is 19.5 Å². The molecule has 0 spiro atoms. The second kappa shape index (κ2) is 10.6. The number of hydrogen-bond donors (Lipinski definition) is 5. The molecule has 1 aromatic carbocycles. The highest BCUT2D eigenvalue weighted by Gasteiger charge is 2.46. The highest BCUT2D eigenvalue weighted by molar-refractivity contribution is 7.53. The number of rotatable bonds is 9. The fourth-order valence-corrected chi connectivity index (χ4v) is 4.46. The minimum atomic E-state index is -5.03. The van der Waals surface area contributed by atoms with Crippen molar-refractivity contribution >= 4 is 30.5 Å². The maximum Gasteiger partial charge on any atom is 0.365 e. The van der Waals surface area contributed by atoms with E-state index < -0.39 is 50.6 Å². The molecule has 36 heavy (non-hydrogen) atoms. The Hall–Kier alpha value is -2.97. The lowest BCUT2D eigenvalue weighted by atomic mass is 10.1. The van der Waals surface area contributed by atoms with Gasteiger partial charge in [0.15, 0.2) is 17.7 Å². The molecule has 6 N–H and O–H groups in total. The highest BCUT2D eigenvalue weighted by atomic mass is 31.2. The van der Waals surface area contributed by atoms with Crippen LogP contribution in [0.2, 0.25) is 0 Å². The molecule has 14 nitrogen and oxygen atoms in total. The number of aromatic nitrogens is 4. The maximum absolute atomic E-state index is 11.9. The van der Waals surface area contributed by atoms with Crippen molar-refractivity contribution < 1.29 is 43.6 Å². The lowest BCUT2D eigenvalue weighted by Gasteiger charge is -2.20. The number of carbonyl (C=O) groups excluding carboxylic acids is 1. The average molecular weight is 523 g/mol. The molecule has 15 heteroatoms. The normalized spacial score (nSPS) is 23.1. The first-order chi connectivity index (χ1) is 17.1. The second-order valence-corrected chi connectivity index (χ2v) is 9.73. The zero-order chi connectivity index (χ0) is 26.0. The van der Waals surface area contributed by atoms with Gasteiger partial charge in [-0.3, -0.25) is 9.13 Å². The maximum atomic E-state index is 11.9. The van der Waals surface area contributed by atoms with E-state index in [0.29, 0.717) is 12.2 Å². The van der Waals surface area contributed by atoms with Crippen LogP contribution >= 0.6 is 7.60 Å². The number of anilines is 1. The summed E-state index contributed by atoms with van der Waals surface area (Å²) in [6.07, 6.45) is -3.72. The van der Waals surface area contributed by atoms with Crippen LogP contribution in [0.4, 0.5) is 5.82 Å². The predicted octanol–water partition coefficient (Wildman–Crippen LogP) is -0.298. The van der Waals surface area contributed by atoms with Crippen molar-refractivity contribution in [2.75, 3.05) is 18.9 Å². The Morgan fingerprint density at radius 3 is 2.61 bits per heavy atom. The fraction of sp³-hybridized carbons (Fsp3) is 0.429. The SMILES string of the molecule is CCOC(=O)[C@H](OC[C@H]1O[C@@H](n2cnc3c(N)nc(Cc4ccccc4)nc32)[C@H](O)[C@@H]1O)P(=O)(O)O. The summed E-state index contributed by atoms with van der Waals surface area (Å²) in [6, 6.07) is 9.47. The van der Waals surface area contributed by atoms with E-state index in [0.717, 1.165) is 5.56 Å². The summed E-state index contributed by atoms with van der Waals surface area (Å²) in [7, 11) is -5.03. The number of nitrogens with two attached hydrogens (primary N) is 1. The third-order valence-electron chi connectivity index (χ3n) is 5.52. The van der Waals surface area contributed by atoms with E-state index >= 15 is 0 Å². The van der Waals surface area contributed by atoms with Crippen LogP contribution in [0.1, 0.15) is 24.5 Å². The number of esters is 1. The summed E-state index contributed by atoms with van der Waals surface area (Å²) in [5.74, 6) is -2.93. The molecule has 0 bridgehead atoms. The van der Waals surface area contributed by atoms with Crippen molar-refractivity contribution in [3.8, 4) is 0 Å². The van der Waals surface area contributed by atoms with E-state index in [-0.39, 0.29) is 23.6 Å². The number of benzene rings is 1. The molecule has 2 aromatic heterocycles. The summed E-state index contributed by atoms with van der Waals surface area (Å²) in [4.78, 5) is 43.8. The number of ether oxygens (including phenoxy) is 3. The van der Waals surface area contributed by atoms with Crippen molar-refractivity contribution in [3.63, 3.8) is 0 Å². The van der Waals surface area contributed by atoms with Crippen molar-refractivity contribution in [2.45, 2.75) is 43.7 Å². The molecule has 0 amide bonds. The van der Waals surface area contributed by atoms with Crippen molar-refractivity contribution in [1.29, 1.82) is 0 Å². The van der Waals surface area contributed by atoms with Crippen molar-refractivity contribution in [2.24, 2.45) is 0 Å². The van der Waals surface area contributed by atoms with Crippen molar-refractivity contribution in [3.05, 3.63) is 48.0 Å². The molecule has 0 aliphatic carbocycles. The number of fused-ring (bicyclic) bond motifs is 1. The highest BCUT2D eigenvalue weighted by Crippen LogP contribution is 2.43. The molecule has 5 atom stereocenters. The van der Waals surface area contributed by atoms with Gasteiger partial charge in [0.25, 0.3) is 5.85 Å². The van der Waals surface area contributed by atoms with Gasteiger partial charge in [-0.1, -0.05) is 30.3 Å². The minimum Gasteiger partial charge on any atom is -0.464 e. The molecule has 1 fully saturated rings. The molecule has 3 aromatic rings. The van der Waals surface area contributed by atoms with E-state index in [1.807, 2.05) is 30.3 Å². The number of imidazole rings is 1. The van der Waals surface area contributed by atoms with Gasteiger partial charge in [0.1, 0.15) is 29.7 Å². The zero-order valence-electron chi connectivity index (χ0n) is 19.1. The Bertz CT molecular complexity index is 1270. The predicted molar refractivity (Wildman–Crippen MR) is 123 cm³/mol. The third kappa shape index (κ3) is 5.39. The molecule has 0 unspecified atom stereocenters. The first-order valence-electron chi connectivity index (χ1n) is 11.0. The molecule has 1 aliphatic heterocycles. The minimum absolute atomic E-state index is 0.118. The van der Waals surface area contributed by atoms with Crippen LogP contribution in [0.5, 0.6) is 0 Å². The number of nitrogen functional groups attached to an aromatic ring is 1. The number of aliphatic hydroxyl groups excluding tert-OH is 2. The Morgan fingerprint density at radius 2 is 1.94 bits per heavy atom. The fourth-order valence-electron chi connectivity index (χ4n) is 3.83. The van der Waals surface area contributed by atoms with Gasteiger partial charge in [0.2, 0.25) is 0 Å². The summed E-state index contributed by atoms with van der Waals surface area (Å²) in [6.45, 7) is 0.732. The second-order valence-electron chi connectivity index (χ2n) is 8.08. The summed E-state index contributed by atoms with van der Waals surface area (Å²) in [5.41, 5.74) is 7.54. The van der Waals surface area contributed by atoms with Crippen molar-refractivity contribution in [1.82, 2.24) is 19.5 Å². The standard InChI is InChI=1S/C21H26N5O9P/c1-2-33-20(29)21(36(30,31)32)34-9-12-15(27)16(28)19(35-12)26-10-23-14-17(22)24-13(25-18(14)26)8-11-6-4-3-5-7-11/h3-7,10,12,15-16,19,21,27-28H,2,8-9H2,1H3,(H2,22,24,25)(H2,30,31,32)/t12-,15-,16-,19-,21-/m1/s1. The lowest BCUT2D eigenvalue weighted by molar-refractivity contribution is -0.155. The largest absolute Gasteiger partial charge is 0.464 e.